The Morgan fingerprint density at radius 2 is 2.13 bits per heavy atom. The Morgan fingerprint density at radius 1 is 1.32 bits per heavy atom. The third-order valence-electron chi connectivity index (χ3n) is 5.12. The predicted octanol–water partition coefficient (Wildman–Crippen LogP) is 0.937. The van der Waals surface area contributed by atoms with Gasteiger partial charge in [0.1, 0.15) is 24.2 Å². The minimum Gasteiger partial charge on any atom is -0.487 e. The van der Waals surface area contributed by atoms with Crippen molar-refractivity contribution in [3.05, 3.63) is 59.2 Å². The number of fused-ring (bicyclic) bond motifs is 1. The van der Waals surface area contributed by atoms with Crippen LogP contribution in [0, 0.1) is 0 Å². The number of esters is 1. The van der Waals surface area contributed by atoms with E-state index in [1.54, 1.807) is 6.20 Å². The fraction of sp³-hybridized carbons (Fsp3) is 0.381. The van der Waals surface area contributed by atoms with E-state index in [9.17, 15) is 15.0 Å². The van der Waals surface area contributed by atoms with Gasteiger partial charge in [-0.1, -0.05) is 23.4 Å². The third-order valence-corrected chi connectivity index (χ3v) is 5.12. The van der Waals surface area contributed by atoms with Crippen LogP contribution in [0.2, 0.25) is 0 Å². The second-order valence-corrected chi connectivity index (χ2v) is 7.25. The van der Waals surface area contributed by atoms with Gasteiger partial charge in [-0.05, 0) is 12.1 Å². The zero-order valence-electron chi connectivity index (χ0n) is 17.1. The Morgan fingerprint density at radius 3 is 2.87 bits per heavy atom. The first-order valence-electron chi connectivity index (χ1n) is 9.92. The summed E-state index contributed by atoms with van der Waals surface area (Å²) < 4.78 is 17.3. The standard InChI is InChI=1S/C21H24N4O6/c1-29-21(28)20-19(11-25(22-20)14-5-3-2-4-6-14)30-13-15(27)9-24-8-7-18-16(10-24)17(12-26)23-31-18/h2-6,11,15,26-27H,7-10,12-13H2,1H3. The fourth-order valence-corrected chi connectivity index (χ4v) is 3.55. The largest absolute Gasteiger partial charge is 0.487 e. The van der Waals surface area contributed by atoms with Crippen molar-refractivity contribution in [2.45, 2.75) is 25.7 Å². The number of benzene rings is 1. The van der Waals surface area contributed by atoms with Gasteiger partial charge >= 0.3 is 5.97 Å². The van der Waals surface area contributed by atoms with Crippen LogP contribution in [-0.2, 0) is 24.3 Å². The molecule has 0 saturated heterocycles. The molecule has 1 atom stereocenters. The molecule has 0 spiro atoms. The van der Waals surface area contributed by atoms with Gasteiger partial charge < -0.3 is 24.2 Å². The maximum Gasteiger partial charge on any atom is 0.362 e. The molecule has 0 bridgehead atoms. The maximum absolute atomic E-state index is 12.1. The summed E-state index contributed by atoms with van der Waals surface area (Å²) in [6, 6.07) is 9.31. The van der Waals surface area contributed by atoms with Crippen LogP contribution < -0.4 is 4.74 Å². The van der Waals surface area contributed by atoms with Crippen LogP contribution in [-0.4, -0.2) is 68.9 Å². The van der Waals surface area contributed by atoms with Crippen LogP contribution in [0.3, 0.4) is 0 Å². The molecule has 3 aromatic rings. The lowest BCUT2D eigenvalue weighted by Crippen LogP contribution is -2.38. The Labute approximate surface area is 178 Å². The van der Waals surface area contributed by atoms with E-state index in [1.165, 1.54) is 11.8 Å². The molecule has 2 N–H and O–H groups in total. The highest BCUT2D eigenvalue weighted by Crippen LogP contribution is 2.23. The first kappa shape index (κ1) is 21.0. The van der Waals surface area contributed by atoms with Crippen molar-refractivity contribution in [3.63, 3.8) is 0 Å². The molecule has 10 nitrogen and oxygen atoms in total. The second kappa shape index (κ2) is 9.29. The number of aliphatic hydroxyl groups excluding tert-OH is 2. The van der Waals surface area contributed by atoms with E-state index in [-0.39, 0.29) is 24.7 Å². The smallest absolute Gasteiger partial charge is 0.362 e. The van der Waals surface area contributed by atoms with Crippen molar-refractivity contribution in [1.82, 2.24) is 19.8 Å². The van der Waals surface area contributed by atoms with E-state index in [0.29, 0.717) is 31.7 Å². The van der Waals surface area contributed by atoms with Crippen molar-refractivity contribution in [2.24, 2.45) is 0 Å². The van der Waals surface area contributed by atoms with E-state index >= 15 is 0 Å². The number of para-hydroxylation sites is 1. The monoisotopic (exact) mass is 428 g/mol. The molecule has 10 heteroatoms. The van der Waals surface area contributed by atoms with E-state index in [0.717, 1.165) is 17.0 Å². The van der Waals surface area contributed by atoms with Gasteiger partial charge in [0.25, 0.3) is 0 Å². The average Bonchev–Trinajstić information content (AvgIpc) is 3.41. The van der Waals surface area contributed by atoms with E-state index < -0.39 is 12.1 Å². The molecule has 2 aromatic heterocycles. The lowest BCUT2D eigenvalue weighted by molar-refractivity contribution is 0.0548. The molecule has 4 rings (SSSR count). The summed E-state index contributed by atoms with van der Waals surface area (Å²) in [4.78, 5) is 14.2. The molecule has 1 aliphatic rings. The number of hydrogen-bond acceptors (Lipinski definition) is 9. The number of carbonyl (C=O) groups is 1. The number of ether oxygens (including phenoxy) is 2. The van der Waals surface area contributed by atoms with Gasteiger partial charge in [0.05, 0.1) is 25.6 Å². The highest BCUT2D eigenvalue weighted by Gasteiger charge is 2.26. The van der Waals surface area contributed by atoms with E-state index in [2.05, 4.69) is 10.3 Å². The van der Waals surface area contributed by atoms with Crippen molar-refractivity contribution in [3.8, 4) is 11.4 Å². The summed E-state index contributed by atoms with van der Waals surface area (Å²) in [6.07, 6.45) is 1.45. The molecule has 3 heterocycles. The SMILES string of the molecule is COC(=O)c1nn(-c2ccccc2)cc1OCC(O)CN1CCc2onc(CO)c2C1. The van der Waals surface area contributed by atoms with E-state index in [1.807, 2.05) is 35.2 Å². The van der Waals surface area contributed by atoms with Crippen LogP contribution >= 0.6 is 0 Å². The van der Waals surface area contributed by atoms with Crippen LogP contribution in [0.5, 0.6) is 5.75 Å². The average molecular weight is 428 g/mol. The molecular formula is C21H24N4O6. The summed E-state index contributed by atoms with van der Waals surface area (Å²) in [7, 11) is 1.28. The Hall–Kier alpha value is -3.21. The van der Waals surface area contributed by atoms with Gasteiger partial charge in [0, 0.05) is 31.6 Å². The van der Waals surface area contributed by atoms with Gasteiger partial charge in [0.2, 0.25) is 5.69 Å². The topological polar surface area (TPSA) is 123 Å². The quantitative estimate of drug-likeness (QED) is 0.505. The Bertz CT molecular complexity index is 1020. The Balaban J connectivity index is 1.40. The highest BCUT2D eigenvalue weighted by atomic mass is 16.5. The summed E-state index contributed by atoms with van der Waals surface area (Å²) in [5, 5.41) is 28.0. The molecule has 1 aromatic carbocycles. The molecule has 1 unspecified atom stereocenters. The molecule has 0 saturated carbocycles. The number of methoxy groups -OCH3 is 1. The lowest BCUT2D eigenvalue weighted by Gasteiger charge is -2.27. The predicted molar refractivity (Wildman–Crippen MR) is 108 cm³/mol. The summed E-state index contributed by atoms with van der Waals surface area (Å²) in [5.74, 6) is 0.395. The maximum atomic E-state index is 12.1. The first-order chi connectivity index (χ1) is 15.1. The zero-order chi connectivity index (χ0) is 21.8. The fourth-order valence-electron chi connectivity index (χ4n) is 3.55. The number of aliphatic hydroxyl groups is 2. The number of aromatic nitrogens is 3. The lowest BCUT2D eigenvalue weighted by atomic mass is 10.1. The molecule has 0 aliphatic carbocycles. The summed E-state index contributed by atoms with van der Waals surface area (Å²) in [5.41, 5.74) is 2.21. The zero-order valence-corrected chi connectivity index (χ0v) is 17.1. The molecular weight excluding hydrogens is 404 g/mol. The molecule has 31 heavy (non-hydrogen) atoms. The minimum absolute atomic E-state index is 0.0235. The minimum atomic E-state index is -0.801. The number of carbonyl (C=O) groups excluding carboxylic acids is 1. The summed E-state index contributed by atoms with van der Waals surface area (Å²) in [6.45, 7) is 1.38. The van der Waals surface area contributed by atoms with Gasteiger partial charge in [-0.15, -0.1) is 0 Å². The normalized spacial score (nSPS) is 14.8. The summed E-state index contributed by atoms with van der Waals surface area (Å²) >= 11 is 0. The number of β-amino-alcohol motifs (C(OH)–C–C–N with tert-alkyl or cyclic N) is 1. The van der Waals surface area contributed by atoms with Crippen LogP contribution in [0.1, 0.15) is 27.5 Å². The second-order valence-electron chi connectivity index (χ2n) is 7.25. The van der Waals surface area contributed by atoms with Gasteiger partial charge in [-0.25, -0.2) is 9.48 Å². The number of hydrogen-bond donors (Lipinski definition) is 2. The van der Waals surface area contributed by atoms with Crippen molar-refractivity contribution >= 4 is 5.97 Å². The number of rotatable bonds is 8. The Kier molecular flexibility index (Phi) is 6.31. The molecule has 0 amide bonds. The van der Waals surface area contributed by atoms with Gasteiger partial charge in [0.15, 0.2) is 5.75 Å². The first-order valence-corrected chi connectivity index (χ1v) is 9.92. The number of nitrogens with zero attached hydrogens (tertiary/aromatic N) is 4. The van der Waals surface area contributed by atoms with Crippen LogP contribution in [0.25, 0.3) is 5.69 Å². The molecule has 0 fully saturated rings. The third kappa shape index (κ3) is 4.61. The van der Waals surface area contributed by atoms with Crippen molar-refractivity contribution < 1.29 is 29.0 Å². The van der Waals surface area contributed by atoms with Gasteiger partial charge in [-0.3, -0.25) is 4.90 Å². The molecule has 164 valence electrons. The highest BCUT2D eigenvalue weighted by molar-refractivity contribution is 5.90. The van der Waals surface area contributed by atoms with Crippen molar-refractivity contribution in [2.75, 3.05) is 26.8 Å². The van der Waals surface area contributed by atoms with Crippen molar-refractivity contribution in [1.29, 1.82) is 0 Å². The van der Waals surface area contributed by atoms with Gasteiger partial charge in [-0.2, -0.15) is 5.10 Å². The van der Waals surface area contributed by atoms with Crippen LogP contribution in [0.15, 0.2) is 41.1 Å². The van der Waals surface area contributed by atoms with E-state index in [4.69, 9.17) is 14.0 Å². The molecule has 0 radical (unpaired) electrons. The van der Waals surface area contributed by atoms with Crippen LogP contribution in [0.4, 0.5) is 0 Å². The molecule has 1 aliphatic heterocycles.